The molecule has 0 saturated carbocycles. The van der Waals surface area contributed by atoms with E-state index >= 15 is 0 Å². The average molecular weight is 368 g/mol. The molecular formula is C21H25FN4O+2. The first-order valence-corrected chi connectivity index (χ1v) is 9.29. The largest absolute Gasteiger partial charge is 0.322 e. The standard InChI is InChI=1S/C21H23FN4O/c1-16(21(27)24-20-8-6-19(22)7-9-20)26-12-10-25(11-13-26)15-18-4-2-17(14-23)3-5-18/h2-9,16H,10-13,15H2,1H3,(H,24,27)/p+2/t16-/m1/s1. The minimum Gasteiger partial charge on any atom is -0.322 e. The van der Waals surface area contributed by atoms with Gasteiger partial charge in [0.1, 0.15) is 38.5 Å². The van der Waals surface area contributed by atoms with E-state index in [1.54, 1.807) is 12.1 Å². The fraction of sp³-hybridized carbons (Fsp3) is 0.333. The molecule has 2 aromatic rings. The first-order valence-electron chi connectivity index (χ1n) is 9.29. The van der Waals surface area contributed by atoms with Gasteiger partial charge in [0.2, 0.25) is 0 Å². The molecule has 2 aromatic carbocycles. The fourth-order valence-corrected chi connectivity index (χ4v) is 3.49. The molecule has 0 bridgehead atoms. The molecule has 1 heterocycles. The molecule has 5 nitrogen and oxygen atoms in total. The van der Waals surface area contributed by atoms with Gasteiger partial charge < -0.3 is 15.1 Å². The number of benzene rings is 2. The summed E-state index contributed by atoms with van der Waals surface area (Å²) in [4.78, 5) is 15.2. The van der Waals surface area contributed by atoms with Crippen LogP contribution in [-0.4, -0.2) is 38.1 Å². The molecule has 1 saturated heterocycles. The number of amides is 1. The van der Waals surface area contributed by atoms with Gasteiger partial charge in [-0.05, 0) is 43.3 Å². The van der Waals surface area contributed by atoms with Gasteiger partial charge in [-0.1, -0.05) is 12.1 Å². The highest BCUT2D eigenvalue weighted by Crippen LogP contribution is 2.08. The van der Waals surface area contributed by atoms with Crippen molar-refractivity contribution >= 4 is 11.6 Å². The molecule has 1 fully saturated rings. The predicted octanol–water partition coefficient (Wildman–Crippen LogP) is 0.00798. The van der Waals surface area contributed by atoms with Gasteiger partial charge in [-0.3, -0.25) is 4.79 Å². The second kappa shape index (κ2) is 8.76. The van der Waals surface area contributed by atoms with Crippen molar-refractivity contribution in [3.8, 4) is 6.07 Å². The minimum atomic E-state index is -0.312. The normalized spacial score (nSPS) is 20.5. The summed E-state index contributed by atoms with van der Waals surface area (Å²) in [5, 5.41) is 11.7. The maximum atomic E-state index is 13.0. The van der Waals surface area contributed by atoms with Gasteiger partial charge >= 0.3 is 0 Å². The highest BCUT2D eigenvalue weighted by molar-refractivity contribution is 5.93. The topological polar surface area (TPSA) is 61.8 Å². The van der Waals surface area contributed by atoms with Gasteiger partial charge in [0.25, 0.3) is 5.91 Å². The fourth-order valence-electron chi connectivity index (χ4n) is 3.49. The van der Waals surface area contributed by atoms with Crippen LogP contribution in [0.15, 0.2) is 48.5 Å². The summed E-state index contributed by atoms with van der Waals surface area (Å²) in [5.74, 6) is -0.347. The number of quaternary nitrogens is 2. The molecule has 6 heteroatoms. The molecule has 0 aliphatic carbocycles. The summed E-state index contributed by atoms with van der Waals surface area (Å²) in [7, 11) is 0. The second-order valence-electron chi connectivity index (χ2n) is 7.11. The lowest BCUT2D eigenvalue weighted by Crippen LogP contribution is -3.29. The average Bonchev–Trinajstić information content (AvgIpc) is 2.70. The zero-order chi connectivity index (χ0) is 19.2. The Hall–Kier alpha value is -2.75. The summed E-state index contributed by atoms with van der Waals surface area (Å²) in [6, 6.07) is 15.6. The Morgan fingerprint density at radius 3 is 2.33 bits per heavy atom. The molecule has 0 radical (unpaired) electrons. The van der Waals surface area contributed by atoms with E-state index in [-0.39, 0.29) is 17.8 Å². The number of hydrogen-bond donors (Lipinski definition) is 3. The molecule has 1 aliphatic heterocycles. The number of rotatable bonds is 5. The van der Waals surface area contributed by atoms with Crippen molar-refractivity contribution in [1.82, 2.24) is 0 Å². The van der Waals surface area contributed by atoms with Crippen LogP contribution in [0.2, 0.25) is 0 Å². The van der Waals surface area contributed by atoms with Gasteiger partial charge in [0, 0.05) is 11.3 Å². The van der Waals surface area contributed by atoms with E-state index in [2.05, 4.69) is 11.4 Å². The first-order chi connectivity index (χ1) is 13.0. The monoisotopic (exact) mass is 368 g/mol. The van der Waals surface area contributed by atoms with E-state index in [4.69, 9.17) is 5.26 Å². The Bertz CT molecular complexity index is 806. The highest BCUT2D eigenvalue weighted by Gasteiger charge is 2.31. The van der Waals surface area contributed by atoms with Gasteiger partial charge in [-0.25, -0.2) is 4.39 Å². The van der Waals surface area contributed by atoms with Crippen LogP contribution in [0.4, 0.5) is 10.1 Å². The Morgan fingerprint density at radius 2 is 1.74 bits per heavy atom. The molecule has 27 heavy (non-hydrogen) atoms. The van der Waals surface area contributed by atoms with Crippen LogP contribution < -0.4 is 15.1 Å². The summed E-state index contributed by atoms with van der Waals surface area (Å²) in [6.45, 7) is 6.76. The zero-order valence-corrected chi connectivity index (χ0v) is 15.5. The van der Waals surface area contributed by atoms with E-state index < -0.39 is 0 Å². The lowest BCUT2D eigenvalue weighted by Gasteiger charge is -2.32. The van der Waals surface area contributed by atoms with Crippen LogP contribution in [0, 0.1) is 17.1 Å². The molecule has 3 N–H and O–H groups in total. The molecule has 3 rings (SSSR count). The minimum absolute atomic E-state index is 0.0350. The van der Waals surface area contributed by atoms with Crippen molar-refractivity contribution in [1.29, 1.82) is 5.26 Å². The maximum absolute atomic E-state index is 13.0. The number of nitriles is 1. The number of hydrogen-bond acceptors (Lipinski definition) is 2. The number of halogens is 1. The lowest BCUT2D eigenvalue weighted by atomic mass is 10.1. The third-order valence-electron chi connectivity index (χ3n) is 5.25. The third-order valence-corrected chi connectivity index (χ3v) is 5.25. The molecule has 1 atom stereocenters. The van der Waals surface area contributed by atoms with Crippen molar-refractivity contribution < 1.29 is 19.0 Å². The zero-order valence-electron chi connectivity index (χ0n) is 15.5. The number of piperazine rings is 1. The lowest BCUT2D eigenvalue weighted by molar-refractivity contribution is -1.02. The molecule has 140 valence electrons. The van der Waals surface area contributed by atoms with Crippen LogP contribution in [0.5, 0.6) is 0 Å². The van der Waals surface area contributed by atoms with Crippen molar-refractivity contribution in [3.05, 3.63) is 65.5 Å². The van der Waals surface area contributed by atoms with Crippen LogP contribution in [0.25, 0.3) is 0 Å². The highest BCUT2D eigenvalue weighted by atomic mass is 19.1. The Labute approximate surface area is 159 Å². The Balaban J connectivity index is 1.48. The number of nitrogens with one attached hydrogen (secondary N) is 3. The predicted molar refractivity (Wildman–Crippen MR) is 101 cm³/mol. The summed E-state index contributed by atoms with van der Waals surface area (Å²) < 4.78 is 13.0. The number of carbonyl (C=O) groups excluding carboxylic acids is 1. The summed E-state index contributed by atoms with van der Waals surface area (Å²) >= 11 is 0. The van der Waals surface area contributed by atoms with Crippen molar-refractivity contribution in [2.24, 2.45) is 0 Å². The van der Waals surface area contributed by atoms with E-state index in [1.165, 1.54) is 27.5 Å². The second-order valence-corrected chi connectivity index (χ2v) is 7.11. The van der Waals surface area contributed by atoms with Crippen molar-refractivity contribution in [2.75, 3.05) is 31.5 Å². The van der Waals surface area contributed by atoms with Gasteiger partial charge in [0.15, 0.2) is 6.04 Å². The van der Waals surface area contributed by atoms with Crippen molar-refractivity contribution in [2.45, 2.75) is 19.5 Å². The van der Waals surface area contributed by atoms with E-state index in [9.17, 15) is 9.18 Å². The molecule has 0 spiro atoms. The number of anilines is 1. The smallest absolute Gasteiger partial charge is 0.282 e. The van der Waals surface area contributed by atoms with E-state index in [0.717, 1.165) is 32.7 Å². The summed E-state index contributed by atoms with van der Waals surface area (Å²) in [6.07, 6.45) is 0. The quantitative estimate of drug-likeness (QED) is 0.696. The molecule has 1 aliphatic rings. The molecule has 0 unspecified atom stereocenters. The Morgan fingerprint density at radius 1 is 1.11 bits per heavy atom. The molecule has 0 aromatic heterocycles. The SMILES string of the molecule is C[C@H](C(=O)Nc1ccc(F)cc1)[NH+]1CC[NH+](Cc2ccc(C#N)cc2)CC1. The first kappa shape index (κ1) is 19.0. The van der Waals surface area contributed by atoms with Crippen molar-refractivity contribution in [3.63, 3.8) is 0 Å². The van der Waals surface area contributed by atoms with Gasteiger partial charge in [0.05, 0.1) is 11.6 Å². The maximum Gasteiger partial charge on any atom is 0.282 e. The Kier molecular flexibility index (Phi) is 6.17. The number of carbonyl (C=O) groups is 1. The van der Waals surface area contributed by atoms with Crippen LogP contribution in [0.3, 0.4) is 0 Å². The van der Waals surface area contributed by atoms with Gasteiger partial charge in [-0.15, -0.1) is 0 Å². The van der Waals surface area contributed by atoms with Crippen LogP contribution >= 0.6 is 0 Å². The molecule has 1 amide bonds. The van der Waals surface area contributed by atoms with Crippen LogP contribution in [0.1, 0.15) is 18.1 Å². The van der Waals surface area contributed by atoms with E-state index in [1.807, 2.05) is 31.2 Å². The summed E-state index contributed by atoms with van der Waals surface area (Å²) in [5.41, 5.74) is 2.54. The van der Waals surface area contributed by atoms with Gasteiger partial charge in [-0.2, -0.15) is 5.26 Å². The molecular weight excluding hydrogens is 343 g/mol. The van der Waals surface area contributed by atoms with Crippen LogP contribution in [-0.2, 0) is 11.3 Å². The number of nitrogens with zero attached hydrogens (tertiary/aromatic N) is 1. The third kappa shape index (κ3) is 5.13. The van der Waals surface area contributed by atoms with E-state index in [0.29, 0.717) is 11.3 Å².